The van der Waals surface area contributed by atoms with E-state index in [-0.39, 0.29) is 0 Å². The lowest BCUT2D eigenvalue weighted by atomic mass is 10.0. The molecule has 0 spiro atoms. The van der Waals surface area contributed by atoms with E-state index >= 15 is 0 Å². The first-order valence-corrected chi connectivity index (χ1v) is 10.9. The lowest BCUT2D eigenvalue weighted by Gasteiger charge is -2.06. The lowest BCUT2D eigenvalue weighted by Crippen LogP contribution is -2.01. The number of rotatable bonds is 17. The third kappa shape index (κ3) is 13.0. The summed E-state index contributed by atoms with van der Waals surface area (Å²) >= 11 is 0. The predicted octanol–water partition coefficient (Wildman–Crippen LogP) is 7.28. The molecule has 147 valence electrons. The zero-order valence-electron chi connectivity index (χ0n) is 17.2. The molecule has 0 aromatic heterocycles. The number of hydrogen-bond donors (Lipinski definition) is 1. The first-order chi connectivity index (χ1) is 12.7. The smallest absolute Gasteiger partial charge is 0.233 e. The summed E-state index contributed by atoms with van der Waals surface area (Å²) in [5, 5.41) is 3.41. The Balaban J connectivity index is 1.78. The van der Waals surface area contributed by atoms with Crippen molar-refractivity contribution in [1.82, 2.24) is 0 Å². The maximum Gasteiger partial charge on any atom is 0.233 e. The van der Waals surface area contributed by atoms with Gasteiger partial charge < -0.3 is 5.32 Å². The van der Waals surface area contributed by atoms with E-state index in [2.05, 4.69) is 19.2 Å². The molecule has 2 heteroatoms. The summed E-state index contributed by atoms with van der Waals surface area (Å²) in [4.78, 5) is 10.5. The maximum atomic E-state index is 10.5. The lowest BCUT2D eigenvalue weighted by molar-refractivity contribution is 0.503. The monoisotopic (exact) mass is 358 g/mol. The van der Waals surface area contributed by atoms with Gasteiger partial charge in [-0.1, -0.05) is 90.9 Å². The second-order valence-corrected chi connectivity index (χ2v) is 8.03. The molecular formula is C24H40NO. The van der Waals surface area contributed by atoms with Crippen LogP contribution in [0.3, 0.4) is 0 Å². The molecule has 0 amide bonds. The summed E-state index contributed by atoms with van der Waals surface area (Å²) in [6.07, 6.45) is 20.0. The number of benzene rings is 1. The summed E-state index contributed by atoms with van der Waals surface area (Å²) in [7, 11) is 0. The summed E-state index contributed by atoms with van der Waals surface area (Å²) < 4.78 is 0. The molecule has 26 heavy (non-hydrogen) atoms. The molecule has 0 heterocycles. The van der Waals surface area contributed by atoms with Crippen molar-refractivity contribution in [3.05, 3.63) is 29.8 Å². The van der Waals surface area contributed by atoms with Crippen molar-refractivity contribution in [2.75, 3.05) is 11.9 Å². The van der Waals surface area contributed by atoms with E-state index in [1.54, 1.807) is 12.1 Å². The number of hydrogen-bond acceptors (Lipinski definition) is 2. The predicted molar refractivity (Wildman–Crippen MR) is 115 cm³/mol. The van der Waals surface area contributed by atoms with Crippen LogP contribution in [0.25, 0.3) is 0 Å². The van der Waals surface area contributed by atoms with Crippen LogP contribution in [-0.4, -0.2) is 12.8 Å². The van der Waals surface area contributed by atoms with Crippen LogP contribution in [0.15, 0.2) is 24.3 Å². The van der Waals surface area contributed by atoms with Crippen LogP contribution in [0, 0.1) is 5.92 Å². The average molecular weight is 359 g/mol. The van der Waals surface area contributed by atoms with Crippen molar-refractivity contribution in [3.63, 3.8) is 0 Å². The van der Waals surface area contributed by atoms with E-state index in [1.165, 1.54) is 83.5 Å². The SMILES string of the molecule is CC(C)CCCCCCCCCCCCCCNc1ccc([C]=O)cc1. The van der Waals surface area contributed by atoms with Crippen molar-refractivity contribution in [2.45, 2.75) is 97.3 Å². The quantitative estimate of drug-likeness (QED) is 0.296. The molecule has 0 saturated heterocycles. The Labute approximate surface area is 162 Å². The Kier molecular flexibility index (Phi) is 13.9. The average Bonchev–Trinajstić information content (AvgIpc) is 2.65. The molecular weight excluding hydrogens is 318 g/mol. The fourth-order valence-electron chi connectivity index (χ4n) is 3.33. The number of unbranched alkanes of at least 4 members (excludes halogenated alkanes) is 11. The molecule has 1 radical (unpaired) electrons. The fraction of sp³-hybridized carbons (Fsp3) is 0.708. The van der Waals surface area contributed by atoms with Crippen LogP contribution in [-0.2, 0) is 4.79 Å². The zero-order valence-corrected chi connectivity index (χ0v) is 17.2. The Morgan fingerprint density at radius 1 is 0.731 bits per heavy atom. The van der Waals surface area contributed by atoms with Crippen molar-refractivity contribution < 1.29 is 4.79 Å². The number of carbonyl (C=O) groups excluding carboxylic acids is 1. The molecule has 1 aromatic carbocycles. The number of nitrogens with one attached hydrogen (secondary N) is 1. The van der Waals surface area contributed by atoms with E-state index in [0.717, 1.165) is 18.2 Å². The first kappa shape index (κ1) is 22.7. The minimum atomic E-state index is 0.613. The maximum absolute atomic E-state index is 10.5. The first-order valence-electron chi connectivity index (χ1n) is 10.9. The molecule has 0 atom stereocenters. The van der Waals surface area contributed by atoms with Gasteiger partial charge in [-0.15, -0.1) is 0 Å². The highest BCUT2D eigenvalue weighted by Gasteiger charge is 1.97. The van der Waals surface area contributed by atoms with E-state index in [1.807, 2.05) is 18.4 Å². The molecule has 1 rings (SSSR count). The number of anilines is 1. The summed E-state index contributed by atoms with van der Waals surface area (Å²) in [6.45, 7) is 5.66. The van der Waals surface area contributed by atoms with Gasteiger partial charge in [-0.2, -0.15) is 0 Å². The third-order valence-corrected chi connectivity index (χ3v) is 5.04. The molecule has 0 aliphatic carbocycles. The molecule has 0 saturated carbocycles. The minimum absolute atomic E-state index is 0.613. The van der Waals surface area contributed by atoms with Crippen LogP contribution in [0.1, 0.15) is 103 Å². The highest BCUT2D eigenvalue weighted by Crippen LogP contribution is 2.14. The van der Waals surface area contributed by atoms with Crippen molar-refractivity contribution >= 4 is 12.0 Å². The van der Waals surface area contributed by atoms with Gasteiger partial charge >= 0.3 is 0 Å². The Morgan fingerprint density at radius 2 is 1.19 bits per heavy atom. The van der Waals surface area contributed by atoms with Crippen LogP contribution in [0.4, 0.5) is 5.69 Å². The standard InChI is InChI=1S/C24H40NO/c1-22(2)15-13-11-9-7-5-3-4-6-8-10-12-14-20-25-24-18-16-23(21-26)17-19-24/h16-19,22,25H,3-15,20H2,1-2H3. The molecule has 0 fully saturated rings. The van der Waals surface area contributed by atoms with Gasteiger partial charge in [0.2, 0.25) is 6.29 Å². The van der Waals surface area contributed by atoms with Crippen LogP contribution < -0.4 is 5.32 Å². The van der Waals surface area contributed by atoms with E-state index < -0.39 is 0 Å². The van der Waals surface area contributed by atoms with Gasteiger partial charge in [0, 0.05) is 17.8 Å². The van der Waals surface area contributed by atoms with E-state index in [4.69, 9.17) is 0 Å². The fourth-order valence-corrected chi connectivity index (χ4v) is 3.33. The second-order valence-electron chi connectivity index (χ2n) is 8.03. The Bertz CT molecular complexity index is 438. The van der Waals surface area contributed by atoms with Gasteiger partial charge in [-0.05, 0) is 36.6 Å². The van der Waals surface area contributed by atoms with E-state index in [9.17, 15) is 4.79 Å². The van der Waals surface area contributed by atoms with Gasteiger partial charge in [0.05, 0.1) is 0 Å². The summed E-state index contributed by atoms with van der Waals surface area (Å²) in [6, 6.07) is 7.51. The highest BCUT2D eigenvalue weighted by molar-refractivity contribution is 5.76. The topological polar surface area (TPSA) is 29.1 Å². The largest absolute Gasteiger partial charge is 0.385 e. The highest BCUT2D eigenvalue weighted by atomic mass is 16.1. The van der Waals surface area contributed by atoms with Gasteiger partial charge in [0.1, 0.15) is 0 Å². The normalized spacial score (nSPS) is 11.0. The Hall–Kier alpha value is -1.31. The molecule has 1 N–H and O–H groups in total. The van der Waals surface area contributed by atoms with E-state index in [0.29, 0.717) is 5.56 Å². The minimum Gasteiger partial charge on any atom is -0.385 e. The van der Waals surface area contributed by atoms with Crippen molar-refractivity contribution in [3.8, 4) is 0 Å². The van der Waals surface area contributed by atoms with Crippen molar-refractivity contribution in [2.24, 2.45) is 5.92 Å². The van der Waals surface area contributed by atoms with Crippen LogP contribution in [0.2, 0.25) is 0 Å². The van der Waals surface area contributed by atoms with Gasteiger partial charge in [-0.25, -0.2) is 0 Å². The molecule has 0 aliphatic heterocycles. The molecule has 0 unspecified atom stereocenters. The van der Waals surface area contributed by atoms with Crippen LogP contribution in [0.5, 0.6) is 0 Å². The molecule has 1 aromatic rings. The second kappa shape index (κ2) is 15.9. The van der Waals surface area contributed by atoms with Crippen molar-refractivity contribution in [1.29, 1.82) is 0 Å². The van der Waals surface area contributed by atoms with Gasteiger partial charge in [0.15, 0.2) is 0 Å². The van der Waals surface area contributed by atoms with Gasteiger partial charge in [0.25, 0.3) is 0 Å². The summed E-state index contributed by atoms with van der Waals surface area (Å²) in [5.74, 6) is 0.875. The molecule has 0 bridgehead atoms. The van der Waals surface area contributed by atoms with Gasteiger partial charge in [-0.3, -0.25) is 4.79 Å². The third-order valence-electron chi connectivity index (χ3n) is 5.04. The zero-order chi connectivity index (χ0) is 18.9. The van der Waals surface area contributed by atoms with Crippen LogP contribution >= 0.6 is 0 Å². The Morgan fingerprint density at radius 3 is 1.65 bits per heavy atom. The summed E-state index contributed by atoms with van der Waals surface area (Å²) in [5.41, 5.74) is 1.70. The molecule has 2 nitrogen and oxygen atoms in total. The molecule has 0 aliphatic rings.